The number of aromatic amines is 2. The largest absolute Gasteiger partial charge is 0.342 e. The summed E-state index contributed by atoms with van der Waals surface area (Å²) in [6, 6.07) is 17.4. The number of hydrogen-bond acceptors (Lipinski definition) is 3. The lowest BCUT2D eigenvalue weighted by Crippen LogP contribution is -2.13. The Hall–Kier alpha value is -3.18. The maximum Gasteiger partial charge on any atom is 0.123 e. The molecule has 0 fully saturated rings. The summed E-state index contributed by atoms with van der Waals surface area (Å²) in [5.41, 5.74) is 6.77. The lowest BCUT2D eigenvalue weighted by atomic mass is 10.0. The molecule has 5 heteroatoms. The molecule has 154 valence electrons. The summed E-state index contributed by atoms with van der Waals surface area (Å²) in [4.78, 5) is 15.9. The highest BCUT2D eigenvalue weighted by Gasteiger charge is 2.10. The van der Waals surface area contributed by atoms with Crippen molar-refractivity contribution in [1.29, 1.82) is 0 Å². The van der Waals surface area contributed by atoms with E-state index in [2.05, 4.69) is 94.6 Å². The molecule has 4 rings (SSSR count). The predicted octanol–water partition coefficient (Wildman–Crippen LogP) is 5.93. The van der Waals surface area contributed by atoms with Gasteiger partial charge in [-0.3, -0.25) is 0 Å². The molecule has 0 amide bonds. The third-order valence-corrected chi connectivity index (χ3v) is 5.84. The Balaban J connectivity index is 1.51. The van der Waals surface area contributed by atoms with E-state index in [1.807, 2.05) is 19.4 Å². The van der Waals surface area contributed by atoms with E-state index >= 15 is 0 Å². The summed E-state index contributed by atoms with van der Waals surface area (Å²) in [6.07, 6.45) is 4.90. The number of hydrogen-bond donors (Lipinski definition) is 3. The van der Waals surface area contributed by atoms with Crippen LogP contribution in [0.25, 0.3) is 33.6 Å². The van der Waals surface area contributed by atoms with Crippen LogP contribution in [-0.2, 0) is 0 Å². The summed E-state index contributed by atoms with van der Waals surface area (Å²) in [6.45, 7) is 6.46. The highest BCUT2D eigenvalue weighted by atomic mass is 15.0. The summed E-state index contributed by atoms with van der Waals surface area (Å²) in [5, 5.41) is 3.20. The van der Waals surface area contributed by atoms with Gasteiger partial charge in [-0.25, -0.2) is 9.97 Å². The molecule has 5 nitrogen and oxygen atoms in total. The first-order valence-corrected chi connectivity index (χ1v) is 10.6. The molecule has 0 spiro atoms. The van der Waals surface area contributed by atoms with E-state index < -0.39 is 0 Å². The molecule has 2 aromatic heterocycles. The standard InChI is InChI=1S/C25H29N5/c1-5-16(2)24-27-14-22(29-24)20-10-6-18(7-11-20)19-8-12-21(13-9-19)23-15-28-25(30-23)17(3)26-4/h6-17,26H,5H2,1-4H3,(H,27,29)(H,28,30)/t16-,17+/m1/s1. The highest BCUT2D eigenvalue weighted by Crippen LogP contribution is 2.27. The van der Waals surface area contributed by atoms with Crippen LogP contribution in [0, 0.1) is 0 Å². The first kappa shape index (κ1) is 20.1. The number of nitrogens with zero attached hydrogens (tertiary/aromatic N) is 2. The Kier molecular flexibility index (Phi) is 5.81. The van der Waals surface area contributed by atoms with Crippen molar-refractivity contribution in [2.75, 3.05) is 7.05 Å². The maximum absolute atomic E-state index is 4.53. The Labute approximate surface area is 178 Å². The normalized spacial score (nSPS) is 13.3. The van der Waals surface area contributed by atoms with E-state index in [4.69, 9.17) is 0 Å². The van der Waals surface area contributed by atoms with Crippen LogP contribution in [0.3, 0.4) is 0 Å². The van der Waals surface area contributed by atoms with Gasteiger partial charge in [-0.05, 0) is 42.6 Å². The third-order valence-electron chi connectivity index (χ3n) is 5.84. The molecule has 0 saturated carbocycles. The van der Waals surface area contributed by atoms with Crippen molar-refractivity contribution in [2.24, 2.45) is 0 Å². The second-order valence-corrected chi connectivity index (χ2v) is 7.84. The molecule has 3 N–H and O–H groups in total. The van der Waals surface area contributed by atoms with Crippen molar-refractivity contribution in [3.63, 3.8) is 0 Å². The molecular weight excluding hydrogens is 370 g/mol. The Morgan fingerprint density at radius 1 is 0.733 bits per heavy atom. The van der Waals surface area contributed by atoms with E-state index in [9.17, 15) is 0 Å². The van der Waals surface area contributed by atoms with Gasteiger partial charge in [0, 0.05) is 5.92 Å². The summed E-state index contributed by atoms with van der Waals surface area (Å²) < 4.78 is 0. The van der Waals surface area contributed by atoms with E-state index in [-0.39, 0.29) is 6.04 Å². The Morgan fingerprint density at radius 2 is 1.17 bits per heavy atom. The number of benzene rings is 2. The molecule has 0 aliphatic heterocycles. The SMILES string of the molecule is CC[C@@H](C)c1ncc(-c2ccc(-c3ccc(-c4cnc([C@H](C)NC)[nH]4)cc3)cc2)[nH]1. The second-order valence-electron chi connectivity index (χ2n) is 7.84. The fraction of sp³-hybridized carbons (Fsp3) is 0.280. The zero-order chi connectivity index (χ0) is 21.1. The van der Waals surface area contributed by atoms with E-state index in [1.165, 1.54) is 11.1 Å². The van der Waals surface area contributed by atoms with Gasteiger partial charge in [0.05, 0.1) is 29.8 Å². The molecule has 2 atom stereocenters. The lowest BCUT2D eigenvalue weighted by Gasteiger charge is -2.07. The van der Waals surface area contributed by atoms with Gasteiger partial charge in [-0.15, -0.1) is 0 Å². The van der Waals surface area contributed by atoms with Crippen molar-refractivity contribution in [3.05, 3.63) is 72.6 Å². The van der Waals surface area contributed by atoms with Crippen LogP contribution in [0.15, 0.2) is 60.9 Å². The van der Waals surface area contributed by atoms with Gasteiger partial charge >= 0.3 is 0 Å². The Morgan fingerprint density at radius 3 is 1.63 bits per heavy atom. The zero-order valence-corrected chi connectivity index (χ0v) is 18.0. The molecule has 0 aliphatic carbocycles. The summed E-state index contributed by atoms with van der Waals surface area (Å²) in [7, 11) is 1.93. The van der Waals surface area contributed by atoms with Crippen molar-refractivity contribution >= 4 is 0 Å². The minimum absolute atomic E-state index is 0.202. The van der Waals surface area contributed by atoms with Crippen molar-refractivity contribution in [2.45, 2.75) is 39.2 Å². The van der Waals surface area contributed by atoms with Crippen LogP contribution in [0.5, 0.6) is 0 Å². The maximum atomic E-state index is 4.53. The molecule has 0 radical (unpaired) electrons. The molecule has 0 saturated heterocycles. The van der Waals surface area contributed by atoms with Gasteiger partial charge in [0.2, 0.25) is 0 Å². The number of rotatable bonds is 7. The fourth-order valence-electron chi connectivity index (χ4n) is 3.45. The molecule has 2 aromatic carbocycles. The summed E-state index contributed by atoms with van der Waals surface area (Å²) in [5.74, 6) is 2.45. The predicted molar refractivity (Wildman–Crippen MR) is 123 cm³/mol. The van der Waals surface area contributed by atoms with Crippen molar-refractivity contribution < 1.29 is 0 Å². The Bertz CT molecular complexity index is 1000. The van der Waals surface area contributed by atoms with Crippen LogP contribution < -0.4 is 5.32 Å². The average Bonchev–Trinajstić information content (AvgIpc) is 3.49. The topological polar surface area (TPSA) is 69.4 Å². The molecule has 0 unspecified atom stereocenters. The minimum atomic E-state index is 0.202. The van der Waals surface area contributed by atoms with Crippen LogP contribution in [0.1, 0.15) is 50.8 Å². The molecule has 0 bridgehead atoms. The van der Waals surface area contributed by atoms with Crippen molar-refractivity contribution in [3.8, 4) is 33.6 Å². The molecule has 2 heterocycles. The smallest absolute Gasteiger partial charge is 0.123 e. The van der Waals surface area contributed by atoms with Crippen LogP contribution in [0.2, 0.25) is 0 Å². The first-order chi connectivity index (χ1) is 14.6. The van der Waals surface area contributed by atoms with Gasteiger partial charge in [-0.2, -0.15) is 0 Å². The monoisotopic (exact) mass is 399 g/mol. The van der Waals surface area contributed by atoms with E-state index in [1.54, 1.807) is 0 Å². The molecular formula is C25H29N5. The van der Waals surface area contributed by atoms with Gasteiger partial charge < -0.3 is 15.3 Å². The fourth-order valence-corrected chi connectivity index (χ4v) is 3.45. The number of nitrogens with one attached hydrogen (secondary N) is 3. The van der Waals surface area contributed by atoms with Crippen LogP contribution in [-0.4, -0.2) is 27.0 Å². The number of aromatic nitrogens is 4. The van der Waals surface area contributed by atoms with E-state index in [0.717, 1.165) is 40.6 Å². The summed E-state index contributed by atoms with van der Waals surface area (Å²) >= 11 is 0. The second kappa shape index (κ2) is 8.67. The van der Waals surface area contributed by atoms with Gasteiger partial charge in [-0.1, -0.05) is 62.4 Å². The first-order valence-electron chi connectivity index (χ1n) is 10.6. The number of imidazole rings is 2. The molecule has 4 aromatic rings. The lowest BCUT2D eigenvalue weighted by molar-refractivity contribution is 0.618. The quantitative estimate of drug-likeness (QED) is 0.361. The number of H-pyrrole nitrogens is 2. The average molecular weight is 400 g/mol. The van der Waals surface area contributed by atoms with Gasteiger partial charge in [0.25, 0.3) is 0 Å². The third kappa shape index (κ3) is 4.07. The molecule has 30 heavy (non-hydrogen) atoms. The zero-order valence-electron chi connectivity index (χ0n) is 18.0. The minimum Gasteiger partial charge on any atom is -0.342 e. The van der Waals surface area contributed by atoms with Crippen LogP contribution >= 0.6 is 0 Å². The van der Waals surface area contributed by atoms with E-state index in [0.29, 0.717) is 5.92 Å². The van der Waals surface area contributed by atoms with Gasteiger partial charge in [0.15, 0.2) is 0 Å². The van der Waals surface area contributed by atoms with Gasteiger partial charge in [0.1, 0.15) is 11.6 Å². The van der Waals surface area contributed by atoms with Crippen molar-refractivity contribution in [1.82, 2.24) is 25.3 Å². The highest BCUT2D eigenvalue weighted by molar-refractivity contribution is 5.71. The molecule has 0 aliphatic rings. The van der Waals surface area contributed by atoms with Crippen LogP contribution in [0.4, 0.5) is 0 Å².